The molecule has 2 amide bonds. The molecule has 1 unspecified atom stereocenters. The summed E-state index contributed by atoms with van der Waals surface area (Å²) in [6.07, 6.45) is 0. The van der Waals surface area contributed by atoms with Gasteiger partial charge < -0.3 is 20.5 Å². The highest BCUT2D eigenvalue weighted by Crippen LogP contribution is 2.12. The van der Waals surface area contributed by atoms with Crippen molar-refractivity contribution in [1.82, 2.24) is 5.32 Å². The molecule has 0 aromatic heterocycles. The number of carbonyl (C=O) groups is 2. The van der Waals surface area contributed by atoms with Gasteiger partial charge in [-0.2, -0.15) is 0 Å². The van der Waals surface area contributed by atoms with E-state index < -0.39 is 29.7 Å². The molecule has 6 nitrogen and oxygen atoms in total. The maximum Gasteiger partial charge on any atom is 0.328 e. The number of carboxylic acids is 1. The number of rotatable bonds is 5. The molecule has 0 spiro atoms. The van der Waals surface area contributed by atoms with Gasteiger partial charge in [-0.1, -0.05) is 0 Å². The molecule has 0 saturated heterocycles. The lowest BCUT2D eigenvalue weighted by molar-refractivity contribution is -0.140. The van der Waals surface area contributed by atoms with E-state index in [4.69, 9.17) is 5.11 Å². The van der Waals surface area contributed by atoms with E-state index in [1.165, 1.54) is 7.11 Å². The summed E-state index contributed by atoms with van der Waals surface area (Å²) in [5.74, 6) is -3.01. The van der Waals surface area contributed by atoms with Gasteiger partial charge in [-0.3, -0.25) is 0 Å². The average molecular weight is 274 g/mol. The number of hydrogen-bond donors (Lipinski definition) is 3. The van der Waals surface area contributed by atoms with Gasteiger partial charge in [0.25, 0.3) is 0 Å². The summed E-state index contributed by atoms with van der Waals surface area (Å²) < 4.78 is 30.3. The third kappa shape index (κ3) is 4.88. The van der Waals surface area contributed by atoms with Crippen LogP contribution in [0.1, 0.15) is 0 Å². The number of benzene rings is 1. The second-order valence-corrected chi connectivity index (χ2v) is 3.60. The summed E-state index contributed by atoms with van der Waals surface area (Å²) in [7, 11) is 1.28. The summed E-state index contributed by atoms with van der Waals surface area (Å²) in [6, 6.07) is 0.273. The van der Waals surface area contributed by atoms with Crippen molar-refractivity contribution in [3.8, 4) is 0 Å². The smallest absolute Gasteiger partial charge is 0.328 e. The topological polar surface area (TPSA) is 87.7 Å². The summed E-state index contributed by atoms with van der Waals surface area (Å²) in [5, 5.41) is 13.0. The summed E-state index contributed by atoms with van der Waals surface area (Å²) in [5.41, 5.74) is -0.128. The van der Waals surface area contributed by atoms with Gasteiger partial charge in [0.1, 0.15) is 11.6 Å². The zero-order valence-corrected chi connectivity index (χ0v) is 9.94. The third-order valence-electron chi connectivity index (χ3n) is 2.06. The van der Waals surface area contributed by atoms with Crippen LogP contribution in [-0.4, -0.2) is 36.9 Å². The number of carboxylic acid groups (broad SMARTS) is 1. The Morgan fingerprint density at radius 2 is 1.89 bits per heavy atom. The van der Waals surface area contributed by atoms with Crippen molar-refractivity contribution >= 4 is 17.7 Å². The van der Waals surface area contributed by atoms with Gasteiger partial charge in [-0.25, -0.2) is 18.4 Å². The van der Waals surface area contributed by atoms with Crippen LogP contribution in [0.5, 0.6) is 0 Å². The van der Waals surface area contributed by atoms with Crippen molar-refractivity contribution in [2.75, 3.05) is 19.0 Å². The number of methoxy groups -OCH3 is 1. The van der Waals surface area contributed by atoms with E-state index in [2.05, 4.69) is 15.4 Å². The first-order valence-electron chi connectivity index (χ1n) is 5.17. The van der Waals surface area contributed by atoms with Crippen molar-refractivity contribution in [1.29, 1.82) is 0 Å². The fraction of sp³-hybridized carbons (Fsp3) is 0.273. The zero-order chi connectivity index (χ0) is 14.4. The van der Waals surface area contributed by atoms with Gasteiger partial charge in [0.2, 0.25) is 0 Å². The molecule has 19 heavy (non-hydrogen) atoms. The fourth-order valence-corrected chi connectivity index (χ4v) is 1.29. The van der Waals surface area contributed by atoms with E-state index in [-0.39, 0.29) is 12.3 Å². The van der Waals surface area contributed by atoms with E-state index in [1.807, 2.05) is 0 Å². The Balaban J connectivity index is 2.66. The number of hydrogen-bond acceptors (Lipinski definition) is 3. The minimum Gasteiger partial charge on any atom is -0.480 e. The molecule has 1 atom stereocenters. The van der Waals surface area contributed by atoms with Crippen molar-refractivity contribution in [2.24, 2.45) is 0 Å². The number of ether oxygens (including phenoxy) is 1. The number of amides is 2. The molecule has 0 bridgehead atoms. The Morgan fingerprint density at radius 1 is 1.32 bits per heavy atom. The van der Waals surface area contributed by atoms with Crippen molar-refractivity contribution in [3.05, 3.63) is 29.8 Å². The minimum absolute atomic E-state index is 0.128. The predicted molar refractivity (Wildman–Crippen MR) is 61.8 cm³/mol. The molecule has 1 rings (SSSR count). The largest absolute Gasteiger partial charge is 0.480 e. The van der Waals surface area contributed by atoms with Crippen LogP contribution >= 0.6 is 0 Å². The highest BCUT2D eigenvalue weighted by Gasteiger charge is 2.19. The first kappa shape index (κ1) is 14.8. The van der Waals surface area contributed by atoms with Crippen LogP contribution in [0.2, 0.25) is 0 Å². The van der Waals surface area contributed by atoms with Crippen LogP contribution in [0.15, 0.2) is 18.2 Å². The van der Waals surface area contributed by atoms with Gasteiger partial charge in [0.15, 0.2) is 6.04 Å². The van der Waals surface area contributed by atoms with Crippen molar-refractivity contribution in [2.45, 2.75) is 6.04 Å². The number of nitrogens with one attached hydrogen (secondary N) is 2. The molecule has 1 aromatic rings. The monoisotopic (exact) mass is 274 g/mol. The minimum atomic E-state index is -1.29. The van der Waals surface area contributed by atoms with E-state index in [0.717, 1.165) is 12.1 Å². The van der Waals surface area contributed by atoms with Crippen LogP contribution in [0.4, 0.5) is 19.3 Å². The normalized spacial score (nSPS) is 11.7. The number of anilines is 1. The zero-order valence-electron chi connectivity index (χ0n) is 9.94. The number of aliphatic carboxylic acids is 1. The van der Waals surface area contributed by atoms with Crippen LogP contribution < -0.4 is 10.6 Å². The Kier molecular flexibility index (Phi) is 5.19. The van der Waals surface area contributed by atoms with E-state index >= 15 is 0 Å². The SMILES string of the molecule is COCC(NC(=O)Nc1cc(F)cc(F)c1)C(=O)O. The Morgan fingerprint density at radius 3 is 2.37 bits per heavy atom. The Labute approximate surface area is 107 Å². The van der Waals surface area contributed by atoms with Crippen LogP contribution in [0, 0.1) is 11.6 Å². The van der Waals surface area contributed by atoms with Crippen LogP contribution in [0.25, 0.3) is 0 Å². The van der Waals surface area contributed by atoms with Gasteiger partial charge in [0, 0.05) is 18.9 Å². The standard InChI is InChI=1S/C11H12F2N2O4/c1-19-5-9(10(16)17)15-11(18)14-8-3-6(12)2-7(13)4-8/h2-4,9H,5H2,1H3,(H,16,17)(H2,14,15,18). The summed E-state index contributed by atoms with van der Waals surface area (Å²) in [4.78, 5) is 22.2. The lowest BCUT2D eigenvalue weighted by Crippen LogP contribution is -2.45. The fourth-order valence-electron chi connectivity index (χ4n) is 1.29. The molecule has 1 aromatic carbocycles. The van der Waals surface area contributed by atoms with E-state index in [9.17, 15) is 18.4 Å². The molecule has 0 heterocycles. The average Bonchev–Trinajstić information content (AvgIpc) is 2.26. The quantitative estimate of drug-likeness (QED) is 0.752. The van der Waals surface area contributed by atoms with Gasteiger partial charge in [0.05, 0.1) is 6.61 Å². The predicted octanol–water partition coefficient (Wildman–Crippen LogP) is 1.19. The number of carbonyl (C=O) groups excluding carboxylic acids is 1. The molecule has 0 aliphatic heterocycles. The molecule has 104 valence electrons. The second-order valence-electron chi connectivity index (χ2n) is 3.60. The highest BCUT2D eigenvalue weighted by molar-refractivity contribution is 5.92. The molecular formula is C11H12F2N2O4. The van der Waals surface area contributed by atoms with Crippen LogP contribution in [-0.2, 0) is 9.53 Å². The molecule has 8 heteroatoms. The molecule has 0 radical (unpaired) electrons. The van der Waals surface area contributed by atoms with E-state index in [1.54, 1.807) is 0 Å². The van der Waals surface area contributed by atoms with Gasteiger partial charge in [-0.15, -0.1) is 0 Å². The molecule has 0 aliphatic carbocycles. The Hall–Kier alpha value is -2.22. The first-order chi connectivity index (χ1) is 8.92. The first-order valence-corrected chi connectivity index (χ1v) is 5.17. The second kappa shape index (κ2) is 6.64. The summed E-state index contributed by atoms with van der Waals surface area (Å²) in [6.45, 7) is -0.236. The lowest BCUT2D eigenvalue weighted by atomic mass is 10.3. The maximum atomic E-state index is 12.9. The molecule has 0 saturated carbocycles. The van der Waals surface area contributed by atoms with Crippen molar-refractivity contribution in [3.63, 3.8) is 0 Å². The van der Waals surface area contributed by atoms with Gasteiger partial charge >= 0.3 is 12.0 Å². The highest BCUT2D eigenvalue weighted by atomic mass is 19.1. The molecule has 3 N–H and O–H groups in total. The molecule has 0 fully saturated rings. The molecular weight excluding hydrogens is 262 g/mol. The summed E-state index contributed by atoms with van der Waals surface area (Å²) >= 11 is 0. The van der Waals surface area contributed by atoms with Crippen LogP contribution in [0.3, 0.4) is 0 Å². The number of halogens is 2. The Bertz CT molecular complexity index is 462. The van der Waals surface area contributed by atoms with Crippen molar-refractivity contribution < 1.29 is 28.2 Å². The molecule has 0 aliphatic rings. The number of urea groups is 1. The van der Waals surface area contributed by atoms with E-state index in [0.29, 0.717) is 6.07 Å². The maximum absolute atomic E-state index is 12.9. The lowest BCUT2D eigenvalue weighted by Gasteiger charge is -2.14. The van der Waals surface area contributed by atoms with Gasteiger partial charge in [-0.05, 0) is 12.1 Å². The third-order valence-corrected chi connectivity index (χ3v) is 2.06.